The van der Waals surface area contributed by atoms with E-state index in [-0.39, 0.29) is 17.9 Å². The summed E-state index contributed by atoms with van der Waals surface area (Å²) in [7, 11) is 0. The van der Waals surface area contributed by atoms with Gasteiger partial charge in [0.2, 0.25) is 0 Å². The quantitative estimate of drug-likeness (QED) is 0.906. The SMILES string of the molecule is Cc1cccc([C@@H]2CCCN2C(=O)NCc2ccc(F)cc2)c1. The van der Waals surface area contributed by atoms with Crippen molar-refractivity contribution in [3.05, 3.63) is 71.0 Å². The number of hydrogen-bond acceptors (Lipinski definition) is 1. The van der Waals surface area contributed by atoms with E-state index in [1.54, 1.807) is 12.1 Å². The third-order valence-electron chi connectivity index (χ3n) is 4.30. The molecule has 0 unspecified atom stereocenters. The highest BCUT2D eigenvalue weighted by Gasteiger charge is 2.29. The van der Waals surface area contributed by atoms with Gasteiger partial charge in [0.15, 0.2) is 0 Å². The Balaban J connectivity index is 1.65. The lowest BCUT2D eigenvalue weighted by molar-refractivity contribution is 0.192. The minimum absolute atomic E-state index is 0.0571. The maximum Gasteiger partial charge on any atom is 0.318 e. The highest BCUT2D eigenvalue weighted by atomic mass is 19.1. The van der Waals surface area contributed by atoms with Crippen molar-refractivity contribution < 1.29 is 9.18 Å². The van der Waals surface area contributed by atoms with Crippen LogP contribution in [0.3, 0.4) is 0 Å². The van der Waals surface area contributed by atoms with Crippen LogP contribution < -0.4 is 5.32 Å². The Kier molecular flexibility index (Phi) is 4.60. The molecule has 0 aliphatic carbocycles. The van der Waals surface area contributed by atoms with Crippen molar-refractivity contribution in [3.8, 4) is 0 Å². The number of halogens is 1. The number of carbonyl (C=O) groups excluding carboxylic acids is 1. The number of urea groups is 1. The average Bonchev–Trinajstić information content (AvgIpc) is 3.04. The van der Waals surface area contributed by atoms with E-state index in [2.05, 4.69) is 30.4 Å². The van der Waals surface area contributed by atoms with Crippen LogP contribution >= 0.6 is 0 Å². The Morgan fingerprint density at radius 3 is 2.78 bits per heavy atom. The van der Waals surface area contributed by atoms with E-state index in [0.717, 1.165) is 24.9 Å². The minimum Gasteiger partial charge on any atom is -0.334 e. The lowest BCUT2D eigenvalue weighted by Gasteiger charge is -2.25. The second-order valence-corrected chi connectivity index (χ2v) is 6.05. The molecule has 0 aromatic heterocycles. The number of nitrogens with one attached hydrogen (secondary N) is 1. The van der Waals surface area contributed by atoms with Gasteiger partial charge >= 0.3 is 6.03 Å². The number of likely N-dealkylation sites (tertiary alicyclic amines) is 1. The van der Waals surface area contributed by atoms with Gasteiger partial charge in [-0.3, -0.25) is 0 Å². The van der Waals surface area contributed by atoms with E-state index in [9.17, 15) is 9.18 Å². The predicted molar refractivity (Wildman–Crippen MR) is 88.5 cm³/mol. The summed E-state index contributed by atoms with van der Waals surface area (Å²) in [4.78, 5) is 14.4. The van der Waals surface area contributed by atoms with E-state index in [1.807, 2.05) is 11.0 Å². The molecule has 1 fully saturated rings. The molecule has 1 aliphatic rings. The number of aryl methyl sites for hydroxylation is 1. The summed E-state index contributed by atoms with van der Waals surface area (Å²) in [6.45, 7) is 3.25. The smallest absolute Gasteiger partial charge is 0.318 e. The summed E-state index contributed by atoms with van der Waals surface area (Å²) in [6, 6.07) is 14.6. The molecule has 120 valence electrons. The van der Waals surface area contributed by atoms with E-state index in [0.29, 0.717) is 6.54 Å². The first-order valence-electron chi connectivity index (χ1n) is 7.99. The lowest BCUT2D eigenvalue weighted by atomic mass is 10.0. The lowest BCUT2D eigenvalue weighted by Crippen LogP contribution is -2.39. The van der Waals surface area contributed by atoms with Gasteiger partial charge in [0, 0.05) is 13.1 Å². The normalized spacial score (nSPS) is 17.3. The maximum absolute atomic E-state index is 12.9. The Hall–Kier alpha value is -2.36. The van der Waals surface area contributed by atoms with E-state index < -0.39 is 0 Å². The first kappa shape index (κ1) is 15.5. The highest BCUT2D eigenvalue weighted by Crippen LogP contribution is 2.32. The van der Waals surface area contributed by atoms with Crippen LogP contribution in [-0.2, 0) is 6.54 Å². The van der Waals surface area contributed by atoms with Gasteiger partial charge in [-0.1, -0.05) is 42.0 Å². The molecule has 0 bridgehead atoms. The average molecular weight is 312 g/mol. The zero-order valence-electron chi connectivity index (χ0n) is 13.3. The standard InChI is InChI=1S/C19H21FN2O/c1-14-4-2-5-16(12-14)18-6-3-11-22(18)19(23)21-13-15-7-9-17(20)10-8-15/h2,4-5,7-10,12,18H,3,6,11,13H2,1H3,(H,21,23)/t18-/m0/s1. The zero-order chi connectivity index (χ0) is 16.2. The molecule has 1 heterocycles. The number of benzene rings is 2. The van der Waals surface area contributed by atoms with Gasteiger partial charge in [0.05, 0.1) is 6.04 Å². The molecule has 2 amide bonds. The summed E-state index contributed by atoms with van der Waals surface area (Å²) >= 11 is 0. The first-order valence-corrected chi connectivity index (χ1v) is 7.99. The van der Waals surface area contributed by atoms with Crippen LogP contribution in [0.15, 0.2) is 48.5 Å². The van der Waals surface area contributed by atoms with Crippen LogP contribution in [0.25, 0.3) is 0 Å². The van der Waals surface area contributed by atoms with Crippen LogP contribution in [0.1, 0.15) is 35.6 Å². The molecule has 2 aromatic rings. The molecule has 3 nitrogen and oxygen atoms in total. The van der Waals surface area contributed by atoms with Gasteiger partial charge in [-0.2, -0.15) is 0 Å². The molecule has 1 atom stereocenters. The topological polar surface area (TPSA) is 32.3 Å². The number of amides is 2. The molecular weight excluding hydrogens is 291 g/mol. The minimum atomic E-state index is -0.265. The fraction of sp³-hybridized carbons (Fsp3) is 0.316. The predicted octanol–water partition coefficient (Wildman–Crippen LogP) is 4.18. The van der Waals surface area contributed by atoms with Gasteiger partial charge in [-0.15, -0.1) is 0 Å². The van der Waals surface area contributed by atoms with Crippen molar-refractivity contribution in [3.63, 3.8) is 0 Å². The molecule has 0 radical (unpaired) electrons. The van der Waals surface area contributed by atoms with Gasteiger partial charge in [-0.25, -0.2) is 9.18 Å². The van der Waals surface area contributed by atoms with E-state index in [4.69, 9.17) is 0 Å². The molecular formula is C19H21FN2O. The Morgan fingerprint density at radius 1 is 1.26 bits per heavy atom. The van der Waals surface area contributed by atoms with Crippen LogP contribution in [0.4, 0.5) is 9.18 Å². The third-order valence-corrected chi connectivity index (χ3v) is 4.30. The first-order chi connectivity index (χ1) is 11.1. The number of rotatable bonds is 3. The summed E-state index contributed by atoms with van der Waals surface area (Å²) in [5, 5.41) is 2.94. The fourth-order valence-corrected chi connectivity index (χ4v) is 3.12. The van der Waals surface area contributed by atoms with Gasteiger partial charge < -0.3 is 10.2 Å². The maximum atomic E-state index is 12.9. The van der Waals surface area contributed by atoms with Gasteiger partial charge in [0.25, 0.3) is 0 Å². The largest absolute Gasteiger partial charge is 0.334 e. The number of hydrogen-bond donors (Lipinski definition) is 1. The Labute approximate surface area is 136 Å². The van der Waals surface area contributed by atoms with Crippen molar-refractivity contribution in [2.45, 2.75) is 32.4 Å². The Bertz CT molecular complexity index is 684. The van der Waals surface area contributed by atoms with Crippen LogP contribution in [0.5, 0.6) is 0 Å². The van der Waals surface area contributed by atoms with Crippen molar-refractivity contribution in [1.29, 1.82) is 0 Å². The van der Waals surface area contributed by atoms with Crippen molar-refractivity contribution >= 4 is 6.03 Å². The number of nitrogens with zero attached hydrogens (tertiary/aromatic N) is 1. The number of carbonyl (C=O) groups is 1. The van der Waals surface area contributed by atoms with E-state index >= 15 is 0 Å². The molecule has 1 saturated heterocycles. The second-order valence-electron chi connectivity index (χ2n) is 6.05. The zero-order valence-corrected chi connectivity index (χ0v) is 13.3. The van der Waals surface area contributed by atoms with Crippen molar-refractivity contribution in [2.75, 3.05) is 6.54 Å². The molecule has 23 heavy (non-hydrogen) atoms. The highest BCUT2D eigenvalue weighted by molar-refractivity contribution is 5.75. The molecule has 1 aliphatic heterocycles. The van der Waals surface area contributed by atoms with E-state index in [1.165, 1.54) is 23.3 Å². The molecule has 4 heteroatoms. The monoisotopic (exact) mass is 312 g/mol. The fourth-order valence-electron chi connectivity index (χ4n) is 3.12. The molecule has 1 N–H and O–H groups in total. The summed E-state index contributed by atoms with van der Waals surface area (Å²) in [6.07, 6.45) is 2.01. The summed E-state index contributed by atoms with van der Waals surface area (Å²) in [5.41, 5.74) is 3.30. The van der Waals surface area contributed by atoms with Crippen LogP contribution in [-0.4, -0.2) is 17.5 Å². The van der Waals surface area contributed by atoms with Gasteiger partial charge in [0.1, 0.15) is 5.82 Å². The third kappa shape index (κ3) is 3.70. The Morgan fingerprint density at radius 2 is 2.04 bits per heavy atom. The second kappa shape index (κ2) is 6.82. The molecule has 0 spiro atoms. The molecule has 2 aromatic carbocycles. The molecule has 0 saturated carbocycles. The summed E-state index contributed by atoms with van der Waals surface area (Å²) < 4.78 is 12.9. The van der Waals surface area contributed by atoms with Gasteiger partial charge in [-0.05, 0) is 43.0 Å². The van der Waals surface area contributed by atoms with Crippen LogP contribution in [0, 0.1) is 12.7 Å². The van der Waals surface area contributed by atoms with Crippen molar-refractivity contribution in [1.82, 2.24) is 10.2 Å². The summed E-state index contributed by atoms with van der Waals surface area (Å²) in [5.74, 6) is -0.265. The van der Waals surface area contributed by atoms with Crippen molar-refractivity contribution in [2.24, 2.45) is 0 Å². The van der Waals surface area contributed by atoms with Crippen LogP contribution in [0.2, 0.25) is 0 Å². The molecule has 3 rings (SSSR count).